The largest absolute Gasteiger partial charge is 0.484 e. The topological polar surface area (TPSA) is 99.0 Å². The first-order valence-electron chi connectivity index (χ1n) is 7.88. The van der Waals surface area contributed by atoms with Gasteiger partial charge < -0.3 is 14.4 Å². The minimum atomic E-state index is -0.453. The molecule has 0 saturated carbocycles. The number of carbonyl (C=O) groups excluding carboxylic acids is 2. The molecule has 1 aliphatic rings. The Morgan fingerprint density at radius 1 is 1.19 bits per heavy atom. The normalized spacial score (nSPS) is 12.4. The van der Waals surface area contributed by atoms with Crippen molar-refractivity contribution in [2.45, 2.75) is 6.42 Å². The highest BCUT2D eigenvalue weighted by molar-refractivity contribution is 5.96. The first-order valence-corrected chi connectivity index (χ1v) is 7.88. The Kier molecular flexibility index (Phi) is 4.83. The van der Waals surface area contributed by atoms with Gasteiger partial charge >= 0.3 is 5.97 Å². The van der Waals surface area contributed by atoms with Gasteiger partial charge in [-0.1, -0.05) is 0 Å². The second-order valence-corrected chi connectivity index (χ2v) is 5.67. The molecule has 0 aromatic heterocycles. The summed E-state index contributed by atoms with van der Waals surface area (Å²) in [7, 11) is 1.30. The van der Waals surface area contributed by atoms with Crippen molar-refractivity contribution in [3.63, 3.8) is 0 Å². The Hall–Kier alpha value is -3.42. The molecule has 0 atom stereocenters. The molecule has 2 aromatic rings. The van der Waals surface area contributed by atoms with Gasteiger partial charge in [-0.3, -0.25) is 14.9 Å². The first-order chi connectivity index (χ1) is 12.5. The Balaban J connectivity index is 1.63. The van der Waals surface area contributed by atoms with Gasteiger partial charge in [0.2, 0.25) is 0 Å². The van der Waals surface area contributed by atoms with Crippen molar-refractivity contribution in [2.75, 3.05) is 25.2 Å². The minimum Gasteiger partial charge on any atom is -0.484 e. The van der Waals surface area contributed by atoms with Crippen molar-refractivity contribution in [3.8, 4) is 5.75 Å². The fourth-order valence-electron chi connectivity index (χ4n) is 2.79. The summed E-state index contributed by atoms with van der Waals surface area (Å²) < 4.78 is 10.1. The second kappa shape index (κ2) is 7.22. The lowest BCUT2D eigenvalue weighted by Gasteiger charge is -2.17. The summed E-state index contributed by atoms with van der Waals surface area (Å²) in [4.78, 5) is 35.7. The zero-order valence-electron chi connectivity index (χ0n) is 14.0. The quantitative estimate of drug-likeness (QED) is 0.463. The van der Waals surface area contributed by atoms with E-state index in [2.05, 4.69) is 4.74 Å². The number of nitro benzene ring substituents is 1. The molecular formula is C18H16N2O6. The predicted octanol–water partition coefficient (Wildman–Crippen LogP) is 2.35. The van der Waals surface area contributed by atoms with Gasteiger partial charge in [-0.2, -0.15) is 0 Å². The number of carbonyl (C=O) groups is 2. The number of benzene rings is 2. The lowest BCUT2D eigenvalue weighted by molar-refractivity contribution is -0.384. The fourth-order valence-corrected chi connectivity index (χ4v) is 2.79. The van der Waals surface area contributed by atoms with Gasteiger partial charge in [0.25, 0.3) is 11.6 Å². The average molecular weight is 356 g/mol. The van der Waals surface area contributed by atoms with Gasteiger partial charge in [0.15, 0.2) is 6.61 Å². The number of ether oxygens (including phenoxy) is 2. The number of nitro groups is 1. The van der Waals surface area contributed by atoms with Crippen LogP contribution in [0.2, 0.25) is 0 Å². The SMILES string of the molecule is COC(=O)c1ccc(OCC(=O)N2CCc3cc([N+](=O)[O-])ccc32)cc1. The number of esters is 1. The number of fused-ring (bicyclic) bond motifs is 1. The van der Waals surface area contributed by atoms with Crippen molar-refractivity contribution >= 4 is 23.3 Å². The molecule has 3 rings (SSSR count). The van der Waals surface area contributed by atoms with Crippen molar-refractivity contribution in [1.29, 1.82) is 0 Å². The van der Waals surface area contributed by atoms with E-state index in [1.807, 2.05) is 0 Å². The smallest absolute Gasteiger partial charge is 0.337 e. The molecule has 1 amide bonds. The standard InChI is InChI=1S/C18H16N2O6/c1-25-18(22)12-2-5-15(6-3-12)26-11-17(21)19-9-8-13-10-14(20(23)24)4-7-16(13)19/h2-7,10H,8-9,11H2,1H3. The van der Waals surface area contributed by atoms with Gasteiger partial charge in [0.05, 0.1) is 17.6 Å². The van der Waals surface area contributed by atoms with E-state index >= 15 is 0 Å². The maximum Gasteiger partial charge on any atom is 0.337 e. The third-order valence-electron chi connectivity index (χ3n) is 4.11. The molecule has 8 nitrogen and oxygen atoms in total. The molecule has 0 fully saturated rings. The molecule has 26 heavy (non-hydrogen) atoms. The number of non-ortho nitro benzene ring substituents is 1. The average Bonchev–Trinajstić information content (AvgIpc) is 3.09. The molecule has 2 aromatic carbocycles. The minimum absolute atomic E-state index is 0.0139. The van der Waals surface area contributed by atoms with E-state index in [0.717, 1.165) is 5.56 Å². The predicted molar refractivity (Wildman–Crippen MR) is 92.4 cm³/mol. The van der Waals surface area contributed by atoms with Crippen LogP contribution in [-0.2, 0) is 16.0 Å². The molecule has 1 aliphatic heterocycles. The van der Waals surface area contributed by atoms with E-state index in [9.17, 15) is 19.7 Å². The van der Waals surface area contributed by atoms with Crippen LogP contribution in [0.4, 0.5) is 11.4 Å². The summed E-state index contributed by atoms with van der Waals surface area (Å²) in [5.41, 5.74) is 1.85. The molecular weight excluding hydrogens is 340 g/mol. The molecule has 0 aliphatic carbocycles. The van der Waals surface area contributed by atoms with Gasteiger partial charge in [0, 0.05) is 24.4 Å². The van der Waals surface area contributed by atoms with E-state index in [4.69, 9.17) is 4.74 Å². The zero-order chi connectivity index (χ0) is 18.7. The summed E-state index contributed by atoms with van der Waals surface area (Å²) in [6, 6.07) is 10.7. The summed E-state index contributed by atoms with van der Waals surface area (Å²) >= 11 is 0. The highest BCUT2D eigenvalue weighted by Gasteiger charge is 2.26. The van der Waals surface area contributed by atoms with E-state index < -0.39 is 10.9 Å². The molecule has 8 heteroatoms. The molecule has 0 N–H and O–H groups in total. The zero-order valence-corrected chi connectivity index (χ0v) is 14.0. The van der Waals surface area contributed by atoms with E-state index in [0.29, 0.717) is 30.0 Å². The van der Waals surface area contributed by atoms with Crippen molar-refractivity contribution in [2.24, 2.45) is 0 Å². The maximum atomic E-state index is 12.4. The Morgan fingerprint density at radius 2 is 1.92 bits per heavy atom. The third kappa shape index (κ3) is 3.49. The van der Waals surface area contributed by atoms with Crippen molar-refractivity contribution < 1.29 is 24.0 Å². The Morgan fingerprint density at radius 3 is 2.58 bits per heavy atom. The monoisotopic (exact) mass is 356 g/mol. The number of nitrogens with zero attached hydrogens (tertiary/aromatic N) is 2. The number of amides is 1. The highest BCUT2D eigenvalue weighted by Crippen LogP contribution is 2.31. The third-order valence-corrected chi connectivity index (χ3v) is 4.11. The second-order valence-electron chi connectivity index (χ2n) is 5.67. The summed E-state index contributed by atoms with van der Waals surface area (Å²) in [6.07, 6.45) is 0.566. The fraction of sp³-hybridized carbons (Fsp3) is 0.222. The Bertz CT molecular complexity index is 862. The molecule has 0 saturated heterocycles. The van der Waals surface area contributed by atoms with Crippen LogP contribution in [0.5, 0.6) is 5.75 Å². The van der Waals surface area contributed by atoms with Crippen molar-refractivity contribution in [3.05, 3.63) is 63.7 Å². The molecule has 1 heterocycles. The highest BCUT2D eigenvalue weighted by atomic mass is 16.6. The van der Waals surface area contributed by atoms with Gasteiger partial charge in [-0.05, 0) is 42.3 Å². The number of methoxy groups -OCH3 is 1. The molecule has 0 spiro atoms. The van der Waals surface area contributed by atoms with E-state index in [-0.39, 0.29) is 18.2 Å². The van der Waals surface area contributed by atoms with Crippen LogP contribution in [0.3, 0.4) is 0 Å². The van der Waals surface area contributed by atoms with Crippen LogP contribution >= 0.6 is 0 Å². The van der Waals surface area contributed by atoms with Gasteiger partial charge in [-0.15, -0.1) is 0 Å². The number of rotatable bonds is 5. The molecule has 134 valence electrons. The molecule has 0 radical (unpaired) electrons. The van der Waals surface area contributed by atoms with E-state index in [1.165, 1.54) is 19.2 Å². The lowest BCUT2D eigenvalue weighted by atomic mass is 10.1. The van der Waals surface area contributed by atoms with Crippen LogP contribution in [0.15, 0.2) is 42.5 Å². The van der Waals surface area contributed by atoms with Gasteiger partial charge in [-0.25, -0.2) is 4.79 Å². The van der Waals surface area contributed by atoms with E-state index in [1.54, 1.807) is 35.2 Å². The summed E-state index contributed by atoms with van der Waals surface area (Å²) in [6.45, 7) is 0.286. The first kappa shape index (κ1) is 17.4. The number of hydrogen-bond acceptors (Lipinski definition) is 6. The van der Waals surface area contributed by atoms with Crippen LogP contribution in [0.25, 0.3) is 0 Å². The Labute approximate surface area is 149 Å². The van der Waals surface area contributed by atoms with Crippen LogP contribution in [0, 0.1) is 10.1 Å². The maximum absolute atomic E-state index is 12.4. The number of hydrogen-bond donors (Lipinski definition) is 0. The molecule has 0 unspecified atom stereocenters. The summed E-state index contributed by atoms with van der Waals surface area (Å²) in [5.74, 6) is -0.237. The van der Waals surface area contributed by atoms with Crippen LogP contribution in [-0.4, -0.2) is 37.1 Å². The lowest BCUT2D eigenvalue weighted by Crippen LogP contribution is -2.33. The molecule has 0 bridgehead atoms. The summed E-state index contributed by atoms with van der Waals surface area (Å²) in [5, 5.41) is 10.8. The van der Waals surface area contributed by atoms with Gasteiger partial charge in [0.1, 0.15) is 5.75 Å². The van der Waals surface area contributed by atoms with Crippen LogP contribution in [0.1, 0.15) is 15.9 Å². The van der Waals surface area contributed by atoms with Crippen molar-refractivity contribution in [1.82, 2.24) is 0 Å². The number of anilines is 1. The van der Waals surface area contributed by atoms with Crippen LogP contribution < -0.4 is 9.64 Å².